The van der Waals surface area contributed by atoms with Gasteiger partial charge in [-0.25, -0.2) is 9.97 Å². The predicted octanol–water partition coefficient (Wildman–Crippen LogP) is 2.39. The lowest BCUT2D eigenvalue weighted by Gasteiger charge is -2.10. The third kappa shape index (κ3) is 3.24. The maximum absolute atomic E-state index is 5.54. The summed E-state index contributed by atoms with van der Waals surface area (Å²) >= 11 is 0. The van der Waals surface area contributed by atoms with E-state index in [0.717, 1.165) is 21.7 Å². The molecule has 20 heavy (non-hydrogen) atoms. The van der Waals surface area contributed by atoms with Crippen molar-refractivity contribution in [3.05, 3.63) is 23.8 Å². The Morgan fingerprint density at radius 3 is 1.65 bits per heavy atom. The van der Waals surface area contributed by atoms with Gasteiger partial charge in [-0.1, -0.05) is 0 Å². The van der Waals surface area contributed by atoms with E-state index in [1.165, 1.54) is 21.6 Å². The van der Waals surface area contributed by atoms with Crippen LogP contribution in [0.15, 0.2) is 22.7 Å². The molecule has 0 aliphatic rings. The van der Waals surface area contributed by atoms with Crippen molar-refractivity contribution in [2.24, 2.45) is 0 Å². The number of hydrogen-bond acceptors (Lipinski definition) is 6. The van der Waals surface area contributed by atoms with E-state index in [1.54, 1.807) is 21.9 Å². The molecular weight excluding hydrogens is 296 g/mol. The van der Waals surface area contributed by atoms with Crippen LogP contribution in [0.25, 0.3) is 0 Å². The summed E-state index contributed by atoms with van der Waals surface area (Å²) in [7, 11) is 2.99. The van der Waals surface area contributed by atoms with Gasteiger partial charge < -0.3 is 9.68 Å². The average molecular weight is 314 g/mol. The van der Waals surface area contributed by atoms with Gasteiger partial charge in [0, 0.05) is 0 Å². The van der Waals surface area contributed by atoms with Gasteiger partial charge >= 0.3 is 0 Å². The average Bonchev–Trinajstić information content (AvgIpc) is 2.95. The highest BCUT2D eigenvalue weighted by atomic mass is 33.1. The second-order valence-corrected chi connectivity index (χ2v) is 6.02. The number of aromatic nitrogens is 4. The van der Waals surface area contributed by atoms with Crippen molar-refractivity contribution in [3.8, 4) is 0 Å². The normalized spacial score (nSPS) is 10.8. The number of aryl methyl sites for hydroxylation is 2. The molecule has 0 unspecified atom stereocenters. The Hall–Kier alpha value is -1.28. The molecule has 0 bridgehead atoms. The molecule has 2 aromatic rings. The molecule has 0 aliphatic heterocycles. The molecule has 2 aromatic heterocycles. The molecule has 0 saturated heterocycles. The number of imidazole rings is 2. The smallest absolute Gasteiger partial charge is 0.214 e. The third-order valence-electron chi connectivity index (χ3n) is 2.42. The van der Waals surface area contributed by atoms with Crippen LogP contribution in [0.2, 0.25) is 0 Å². The first-order chi connectivity index (χ1) is 9.67. The Morgan fingerprint density at radius 2 is 1.30 bits per heavy atom. The lowest BCUT2D eigenvalue weighted by Crippen LogP contribution is -2.14. The van der Waals surface area contributed by atoms with Crippen molar-refractivity contribution < 1.29 is 9.68 Å². The monoisotopic (exact) mass is 314 g/mol. The van der Waals surface area contributed by atoms with Gasteiger partial charge in [-0.2, -0.15) is 9.46 Å². The highest BCUT2D eigenvalue weighted by molar-refractivity contribution is 8.76. The van der Waals surface area contributed by atoms with Gasteiger partial charge in [0.15, 0.2) is 0 Å². The summed E-state index contributed by atoms with van der Waals surface area (Å²) in [5.41, 5.74) is 1.94. The molecule has 0 aromatic carbocycles. The van der Waals surface area contributed by atoms with Crippen molar-refractivity contribution >= 4 is 21.6 Å². The quantitative estimate of drug-likeness (QED) is 0.732. The van der Waals surface area contributed by atoms with Gasteiger partial charge in [-0.15, -0.1) is 0 Å². The summed E-state index contributed by atoms with van der Waals surface area (Å²) in [5.74, 6) is 0. The minimum Gasteiger partial charge on any atom is -0.412 e. The first-order valence-corrected chi connectivity index (χ1v) is 8.52. The summed E-state index contributed by atoms with van der Waals surface area (Å²) in [6.45, 7) is 9.02. The highest BCUT2D eigenvalue weighted by Gasteiger charge is 2.13. The second kappa shape index (κ2) is 6.94. The van der Waals surface area contributed by atoms with Crippen LogP contribution >= 0.6 is 21.6 Å². The molecule has 0 radical (unpaired) electrons. The second-order valence-electron chi connectivity index (χ2n) is 3.96. The van der Waals surface area contributed by atoms with Crippen LogP contribution < -0.4 is 9.68 Å². The molecule has 2 rings (SSSR count). The maximum atomic E-state index is 5.54. The van der Waals surface area contributed by atoms with Crippen LogP contribution in [-0.2, 0) is 0 Å². The van der Waals surface area contributed by atoms with Gasteiger partial charge in [0.25, 0.3) is 0 Å². The first kappa shape index (κ1) is 15.1. The van der Waals surface area contributed by atoms with Crippen molar-refractivity contribution in [1.82, 2.24) is 19.4 Å². The zero-order valence-corrected chi connectivity index (χ0v) is 13.6. The molecule has 0 spiro atoms. The lowest BCUT2D eigenvalue weighted by molar-refractivity contribution is 0.0967. The molecule has 0 atom stereocenters. The molecule has 0 fully saturated rings. The van der Waals surface area contributed by atoms with Crippen molar-refractivity contribution in [3.63, 3.8) is 0 Å². The standard InChI is InChI=1S/C12H18N4O2S2/c1-5-17-15-9(3)7-13-11(15)19-20-12-14-8-10(4)16(12)18-6-2/h7-8H,5-6H2,1-4H3. The minimum absolute atomic E-state index is 0.599. The highest BCUT2D eigenvalue weighted by Crippen LogP contribution is 2.35. The maximum Gasteiger partial charge on any atom is 0.214 e. The predicted molar refractivity (Wildman–Crippen MR) is 79.9 cm³/mol. The molecular formula is C12H18N4O2S2. The molecule has 110 valence electrons. The molecule has 0 N–H and O–H groups in total. The summed E-state index contributed by atoms with van der Waals surface area (Å²) in [6, 6.07) is 0. The Kier molecular flexibility index (Phi) is 5.24. The van der Waals surface area contributed by atoms with Crippen LogP contribution in [0.1, 0.15) is 25.2 Å². The van der Waals surface area contributed by atoms with E-state index in [2.05, 4.69) is 9.97 Å². The van der Waals surface area contributed by atoms with Gasteiger partial charge in [0.05, 0.1) is 23.8 Å². The van der Waals surface area contributed by atoms with Crippen LogP contribution in [0.5, 0.6) is 0 Å². The van der Waals surface area contributed by atoms with E-state index in [9.17, 15) is 0 Å². The van der Waals surface area contributed by atoms with E-state index in [0.29, 0.717) is 13.2 Å². The largest absolute Gasteiger partial charge is 0.412 e. The van der Waals surface area contributed by atoms with Gasteiger partial charge in [-0.05, 0) is 49.3 Å². The SMILES string of the molecule is CCOn1c(C)cnc1SSc1ncc(C)n1OCC. The fourth-order valence-electron chi connectivity index (χ4n) is 1.57. The van der Waals surface area contributed by atoms with E-state index >= 15 is 0 Å². The Balaban J connectivity index is 2.09. The minimum atomic E-state index is 0.599. The summed E-state index contributed by atoms with van der Waals surface area (Å²) in [4.78, 5) is 19.7. The van der Waals surface area contributed by atoms with E-state index in [1.807, 2.05) is 27.7 Å². The van der Waals surface area contributed by atoms with Crippen LogP contribution in [0.4, 0.5) is 0 Å². The topological polar surface area (TPSA) is 54.1 Å². The van der Waals surface area contributed by atoms with Gasteiger partial charge in [-0.3, -0.25) is 0 Å². The van der Waals surface area contributed by atoms with Crippen molar-refractivity contribution in [2.75, 3.05) is 13.2 Å². The fraction of sp³-hybridized carbons (Fsp3) is 0.500. The summed E-state index contributed by atoms with van der Waals surface area (Å²) < 4.78 is 3.47. The molecule has 0 aliphatic carbocycles. The number of hydrogen-bond donors (Lipinski definition) is 0. The van der Waals surface area contributed by atoms with Crippen molar-refractivity contribution in [1.29, 1.82) is 0 Å². The summed E-state index contributed by atoms with van der Waals surface area (Å²) in [6.07, 6.45) is 3.58. The van der Waals surface area contributed by atoms with Crippen molar-refractivity contribution in [2.45, 2.75) is 38.0 Å². The Bertz CT molecular complexity index is 518. The van der Waals surface area contributed by atoms with E-state index < -0.39 is 0 Å². The Morgan fingerprint density at radius 1 is 0.900 bits per heavy atom. The van der Waals surface area contributed by atoms with Crippen LogP contribution in [0.3, 0.4) is 0 Å². The molecule has 0 amide bonds. The third-order valence-corrected chi connectivity index (χ3v) is 4.49. The zero-order valence-electron chi connectivity index (χ0n) is 12.0. The Labute approximate surface area is 126 Å². The number of rotatable bonds is 7. The molecule has 0 saturated carbocycles. The fourth-order valence-corrected chi connectivity index (χ4v) is 3.55. The first-order valence-electron chi connectivity index (χ1n) is 6.37. The lowest BCUT2D eigenvalue weighted by atomic mass is 10.6. The van der Waals surface area contributed by atoms with Crippen LogP contribution in [0, 0.1) is 13.8 Å². The molecule has 6 nitrogen and oxygen atoms in total. The van der Waals surface area contributed by atoms with Gasteiger partial charge in [0.2, 0.25) is 10.3 Å². The molecule has 8 heteroatoms. The van der Waals surface area contributed by atoms with E-state index in [-0.39, 0.29) is 0 Å². The van der Waals surface area contributed by atoms with Gasteiger partial charge in [0.1, 0.15) is 13.2 Å². The van der Waals surface area contributed by atoms with Crippen LogP contribution in [-0.4, -0.2) is 32.6 Å². The summed E-state index contributed by atoms with van der Waals surface area (Å²) in [5, 5.41) is 1.58. The van der Waals surface area contributed by atoms with E-state index in [4.69, 9.17) is 9.68 Å². The molecule has 2 heterocycles. The zero-order chi connectivity index (χ0) is 14.5. The number of nitrogens with zero attached hydrogens (tertiary/aromatic N) is 4.